The van der Waals surface area contributed by atoms with Crippen molar-refractivity contribution in [2.24, 2.45) is 5.92 Å². The molecule has 0 aromatic heterocycles. The van der Waals surface area contributed by atoms with Gasteiger partial charge in [0.1, 0.15) is 12.6 Å². The van der Waals surface area contributed by atoms with Crippen molar-refractivity contribution in [1.29, 1.82) is 0 Å². The van der Waals surface area contributed by atoms with Gasteiger partial charge in [0, 0.05) is 5.54 Å². The predicted molar refractivity (Wildman–Crippen MR) is 69.6 cm³/mol. The van der Waals surface area contributed by atoms with E-state index < -0.39 is 23.6 Å². The summed E-state index contributed by atoms with van der Waals surface area (Å²) in [5, 5.41) is 9.30. The minimum Gasteiger partial charge on any atom is -0.480 e. The van der Waals surface area contributed by atoms with Gasteiger partial charge in [0.25, 0.3) is 5.91 Å². The molecule has 1 aliphatic heterocycles. The number of urea groups is 1. The average molecular weight is 270 g/mol. The lowest BCUT2D eigenvalue weighted by Gasteiger charge is -2.32. The first kappa shape index (κ1) is 15.5. The van der Waals surface area contributed by atoms with Gasteiger partial charge in [-0.3, -0.25) is 9.69 Å². The molecule has 1 rings (SSSR count). The summed E-state index contributed by atoms with van der Waals surface area (Å²) in [5.74, 6) is -1.60. The quantitative estimate of drug-likeness (QED) is 0.786. The Morgan fingerprint density at radius 1 is 1.37 bits per heavy atom. The number of imide groups is 1. The number of carbonyl (C=O) groups is 3. The molecule has 1 fully saturated rings. The summed E-state index contributed by atoms with van der Waals surface area (Å²) >= 11 is 0. The van der Waals surface area contributed by atoms with E-state index in [4.69, 9.17) is 0 Å². The van der Waals surface area contributed by atoms with E-state index in [1.54, 1.807) is 27.7 Å². The molecule has 0 bridgehead atoms. The summed E-state index contributed by atoms with van der Waals surface area (Å²) in [4.78, 5) is 37.9. The summed E-state index contributed by atoms with van der Waals surface area (Å²) in [5.41, 5.74) is -0.637. The zero-order valence-electron chi connectivity index (χ0n) is 12.1. The molecule has 0 aliphatic carbocycles. The van der Waals surface area contributed by atoms with E-state index in [-0.39, 0.29) is 18.4 Å². The van der Waals surface area contributed by atoms with Crippen molar-refractivity contribution in [1.82, 2.24) is 9.80 Å². The second-order valence-electron chi connectivity index (χ2n) is 5.98. The number of amides is 3. The van der Waals surface area contributed by atoms with Crippen LogP contribution in [0.3, 0.4) is 0 Å². The summed E-state index contributed by atoms with van der Waals surface area (Å²) in [6, 6.07) is -1.46. The Bertz CT molecular complexity index is 400. The maximum atomic E-state index is 12.3. The van der Waals surface area contributed by atoms with Crippen LogP contribution in [-0.4, -0.2) is 50.9 Å². The van der Waals surface area contributed by atoms with Gasteiger partial charge in [-0.1, -0.05) is 20.3 Å². The van der Waals surface area contributed by atoms with Crippen LogP contribution in [0.5, 0.6) is 0 Å². The van der Waals surface area contributed by atoms with Gasteiger partial charge in [0.15, 0.2) is 0 Å². The van der Waals surface area contributed by atoms with E-state index in [1.165, 1.54) is 4.90 Å². The van der Waals surface area contributed by atoms with Gasteiger partial charge in [-0.2, -0.15) is 0 Å². The van der Waals surface area contributed by atoms with Crippen molar-refractivity contribution >= 4 is 17.9 Å². The molecule has 0 radical (unpaired) electrons. The fraction of sp³-hybridized carbons (Fsp3) is 0.769. The highest BCUT2D eigenvalue weighted by molar-refractivity contribution is 6.04. The number of aliphatic carboxylic acids is 1. The number of hydrogen-bond donors (Lipinski definition) is 1. The van der Waals surface area contributed by atoms with Crippen molar-refractivity contribution in [3.63, 3.8) is 0 Å². The molecule has 1 N–H and O–H groups in total. The van der Waals surface area contributed by atoms with Gasteiger partial charge in [-0.25, -0.2) is 9.59 Å². The molecular weight excluding hydrogens is 248 g/mol. The Morgan fingerprint density at radius 3 is 2.21 bits per heavy atom. The van der Waals surface area contributed by atoms with Crippen LogP contribution in [0.4, 0.5) is 4.79 Å². The van der Waals surface area contributed by atoms with Crippen LogP contribution in [0.1, 0.15) is 41.0 Å². The molecule has 3 amide bonds. The Labute approximate surface area is 113 Å². The van der Waals surface area contributed by atoms with Crippen LogP contribution in [0.15, 0.2) is 0 Å². The molecule has 1 aliphatic rings. The first-order valence-electron chi connectivity index (χ1n) is 6.47. The molecule has 0 aromatic rings. The lowest BCUT2D eigenvalue weighted by molar-refractivity contribution is -0.143. The topological polar surface area (TPSA) is 77.9 Å². The highest BCUT2D eigenvalue weighted by Crippen LogP contribution is 2.26. The maximum Gasteiger partial charge on any atom is 0.328 e. The first-order valence-corrected chi connectivity index (χ1v) is 6.47. The van der Waals surface area contributed by atoms with Crippen LogP contribution in [0.2, 0.25) is 0 Å². The fourth-order valence-electron chi connectivity index (χ4n) is 2.30. The molecule has 108 valence electrons. The summed E-state index contributed by atoms with van der Waals surface area (Å²) in [7, 11) is 0. The van der Waals surface area contributed by atoms with Crippen molar-refractivity contribution in [3.8, 4) is 0 Å². The number of carboxylic acids is 1. The molecule has 19 heavy (non-hydrogen) atoms. The Kier molecular flexibility index (Phi) is 4.22. The molecule has 6 nitrogen and oxygen atoms in total. The third kappa shape index (κ3) is 2.88. The zero-order valence-corrected chi connectivity index (χ0v) is 12.1. The van der Waals surface area contributed by atoms with Crippen LogP contribution < -0.4 is 0 Å². The van der Waals surface area contributed by atoms with E-state index in [2.05, 4.69) is 0 Å². The van der Waals surface area contributed by atoms with E-state index in [0.29, 0.717) is 6.42 Å². The minimum absolute atomic E-state index is 0.155. The molecular formula is C13H22N2O4. The second-order valence-corrected chi connectivity index (χ2v) is 5.98. The number of nitrogens with zero attached hydrogens (tertiary/aromatic N) is 2. The Balaban J connectivity index is 3.06. The largest absolute Gasteiger partial charge is 0.480 e. The summed E-state index contributed by atoms with van der Waals surface area (Å²) < 4.78 is 0. The van der Waals surface area contributed by atoms with Gasteiger partial charge in [0.05, 0.1) is 0 Å². The predicted octanol–water partition coefficient (Wildman–Crippen LogP) is 1.55. The lowest BCUT2D eigenvalue weighted by atomic mass is 9.98. The van der Waals surface area contributed by atoms with Crippen LogP contribution in [0, 0.1) is 5.92 Å². The standard InChI is InChI=1S/C13H22N2O4/c1-6-8(2)10(11(17)18)14-7-9(16)15(12(14)19)13(3,4)5/h8,10H,6-7H2,1-5H3,(H,17,18)/t8-,10-/m0/s1. The first-order chi connectivity index (χ1) is 8.61. The molecule has 0 spiro atoms. The Hall–Kier alpha value is -1.59. The van der Waals surface area contributed by atoms with Crippen molar-refractivity contribution in [2.45, 2.75) is 52.6 Å². The highest BCUT2D eigenvalue weighted by Gasteiger charge is 2.47. The van der Waals surface area contributed by atoms with Gasteiger partial charge in [-0.05, 0) is 26.7 Å². The summed E-state index contributed by atoms with van der Waals surface area (Å²) in [6.45, 7) is 8.75. The van der Waals surface area contributed by atoms with Gasteiger partial charge in [0.2, 0.25) is 0 Å². The highest BCUT2D eigenvalue weighted by atomic mass is 16.4. The molecule has 0 saturated carbocycles. The molecule has 0 unspecified atom stereocenters. The van der Waals surface area contributed by atoms with Crippen LogP contribution >= 0.6 is 0 Å². The Morgan fingerprint density at radius 2 is 1.89 bits per heavy atom. The third-order valence-electron chi connectivity index (χ3n) is 3.43. The molecule has 1 heterocycles. The fourth-order valence-corrected chi connectivity index (χ4v) is 2.30. The van der Waals surface area contributed by atoms with E-state index >= 15 is 0 Å². The van der Waals surface area contributed by atoms with Gasteiger partial charge < -0.3 is 10.0 Å². The number of rotatable bonds is 4. The van der Waals surface area contributed by atoms with Crippen molar-refractivity contribution < 1.29 is 19.5 Å². The molecule has 2 atom stereocenters. The molecule has 6 heteroatoms. The van der Waals surface area contributed by atoms with Crippen molar-refractivity contribution in [3.05, 3.63) is 0 Å². The van der Waals surface area contributed by atoms with Gasteiger partial charge in [-0.15, -0.1) is 0 Å². The summed E-state index contributed by atoms with van der Waals surface area (Å²) in [6.07, 6.45) is 0.629. The SMILES string of the molecule is CC[C@H](C)[C@@H](C(=O)O)N1CC(=O)N(C(C)(C)C)C1=O. The monoisotopic (exact) mass is 270 g/mol. The smallest absolute Gasteiger partial charge is 0.328 e. The van der Waals surface area contributed by atoms with Crippen molar-refractivity contribution in [2.75, 3.05) is 6.54 Å². The molecule has 0 aromatic carbocycles. The maximum absolute atomic E-state index is 12.3. The normalized spacial score (nSPS) is 19.8. The zero-order chi connectivity index (χ0) is 15.0. The number of hydrogen-bond acceptors (Lipinski definition) is 3. The molecule has 1 saturated heterocycles. The number of carboxylic acid groups (broad SMARTS) is 1. The average Bonchev–Trinajstić information content (AvgIpc) is 2.53. The van der Waals surface area contributed by atoms with E-state index in [0.717, 1.165) is 4.90 Å². The van der Waals surface area contributed by atoms with E-state index in [9.17, 15) is 19.5 Å². The van der Waals surface area contributed by atoms with Gasteiger partial charge >= 0.3 is 12.0 Å². The lowest BCUT2D eigenvalue weighted by Crippen LogP contribution is -2.50. The third-order valence-corrected chi connectivity index (χ3v) is 3.43. The minimum atomic E-state index is -1.06. The second kappa shape index (κ2) is 5.19. The van der Waals surface area contributed by atoms with Crippen LogP contribution in [0.25, 0.3) is 0 Å². The number of carbonyl (C=O) groups excluding carboxylic acids is 2. The van der Waals surface area contributed by atoms with Crippen LogP contribution in [-0.2, 0) is 9.59 Å². The van der Waals surface area contributed by atoms with E-state index in [1.807, 2.05) is 6.92 Å².